The Morgan fingerprint density at radius 1 is 1.48 bits per heavy atom. The monoisotopic (exact) mass is 344 g/mol. The van der Waals surface area contributed by atoms with Crippen molar-refractivity contribution in [3.8, 4) is 5.19 Å². The minimum Gasteiger partial charge on any atom is -0.467 e. The Hall–Kier alpha value is -1.22. The minimum absolute atomic E-state index is 0.141. The molecule has 0 aliphatic heterocycles. The van der Waals surface area contributed by atoms with Crippen molar-refractivity contribution < 1.29 is 14.6 Å². The SMILES string of the molecule is CC(C)NCC(O)COc1ncc(C(=O)NCCCN(C)C)s1. The number of carbonyl (C=O) groups is 1. The highest BCUT2D eigenvalue weighted by molar-refractivity contribution is 7.15. The molecule has 7 nitrogen and oxygen atoms in total. The third-order valence-electron chi connectivity index (χ3n) is 2.94. The van der Waals surface area contributed by atoms with E-state index in [0.717, 1.165) is 13.0 Å². The van der Waals surface area contributed by atoms with Crippen LogP contribution < -0.4 is 15.4 Å². The van der Waals surface area contributed by atoms with E-state index in [-0.39, 0.29) is 12.5 Å². The Morgan fingerprint density at radius 2 is 2.22 bits per heavy atom. The summed E-state index contributed by atoms with van der Waals surface area (Å²) in [5.74, 6) is -0.141. The summed E-state index contributed by atoms with van der Waals surface area (Å²) in [6.45, 7) is 6.19. The molecule has 1 amide bonds. The van der Waals surface area contributed by atoms with Gasteiger partial charge in [0, 0.05) is 19.1 Å². The van der Waals surface area contributed by atoms with Crippen LogP contribution in [0, 0.1) is 0 Å². The summed E-state index contributed by atoms with van der Waals surface area (Å²) in [5.41, 5.74) is 0. The van der Waals surface area contributed by atoms with E-state index in [4.69, 9.17) is 4.74 Å². The zero-order chi connectivity index (χ0) is 17.2. The summed E-state index contributed by atoms with van der Waals surface area (Å²) in [6.07, 6.45) is 1.79. The Kier molecular flexibility index (Phi) is 9.08. The van der Waals surface area contributed by atoms with Gasteiger partial charge in [0.25, 0.3) is 11.1 Å². The van der Waals surface area contributed by atoms with Gasteiger partial charge in [0.1, 0.15) is 17.6 Å². The second-order valence-electron chi connectivity index (χ2n) is 5.93. The van der Waals surface area contributed by atoms with Gasteiger partial charge in [-0.2, -0.15) is 0 Å². The Labute approximate surface area is 142 Å². The smallest absolute Gasteiger partial charge is 0.273 e. The van der Waals surface area contributed by atoms with Crippen molar-refractivity contribution in [1.29, 1.82) is 0 Å². The summed E-state index contributed by atoms with van der Waals surface area (Å²) in [7, 11) is 4.00. The maximum atomic E-state index is 11.9. The molecule has 0 saturated carbocycles. The number of nitrogens with one attached hydrogen (secondary N) is 2. The third-order valence-corrected chi connectivity index (χ3v) is 3.85. The first-order valence-electron chi connectivity index (χ1n) is 7.81. The molecular weight excluding hydrogens is 316 g/mol. The van der Waals surface area contributed by atoms with E-state index in [1.54, 1.807) is 0 Å². The summed E-state index contributed by atoms with van der Waals surface area (Å²) in [6, 6.07) is 0.312. The van der Waals surface area contributed by atoms with Gasteiger partial charge in [0.15, 0.2) is 0 Å². The summed E-state index contributed by atoms with van der Waals surface area (Å²) in [5, 5.41) is 16.1. The number of hydrogen-bond donors (Lipinski definition) is 3. The number of aliphatic hydroxyl groups excluding tert-OH is 1. The van der Waals surface area contributed by atoms with Crippen LogP contribution >= 0.6 is 11.3 Å². The lowest BCUT2D eigenvalue weighted by Gasteiger charge is -2.13. The minimum atomic E-state index is -0.607. The van der Waals surface area contributed by atoms with Crippen LogP contribution in [0.5, 0.6) is 5.19 Å². The van der Waals surface area contributed by atoms with Crippen molar-refractivity contribution in [3.05, 3.63) is 11.1 Å². The number of amides is 1. The van der Waals surface area contributed by atoms with Gasteiger partial charge in [-0.25, -0.2) is 4.98 Å². The van der Waals surface area contributed by atoms with E-state index in [0.29, 0.717) is 29.2 Å². The number of carbonyl (C=O) groups excluding carboxylic acids is 1. The van der Waals surface area contributed by atoms with Crippen LogP contribution in [0.1, 0.15) is 29.9 Å². The van der Waals surface area contributed by atoms with Crippen molar-refractivity contribution in [2.45, 2.75) is 32.4 Å². The second kappa shape index (κ2) is 10.5. The van der Waals surface area contributed by atoms with Gasteiger partial charge in [0.2, 0.25) is 0 Å². The van der Waals surface area contributed by atoms with Crippen molar-refractivity contribution in [2.24, 2.45) is 0 Å². The first-order valence-corrected chi connectivity index (χ1v) is 8.63. The molecule has 0 radical (unpaired) electrons. The molecule has 0 fully saturated rings. The van der Waals surface area contributed by atoms with E-state index >= 15 is 0 Å². The molecule has 0 aliphatic rings. The lowest BCUT2D eigenvalue weighted by molar-refractivity contribution is 0.0956. The van der Waals surface area contributed by atoms with E-state index in [9.17, 15) is 9.90 Å². The molecular formula is C15H28N4O3S. The third kappa shape index (κ3) is 8.85. The maximum Gasteiger partial charge on any atom is 0.273 e. The summed E-state index contributed by atoms with van der Waals surface area (Å²) >= 11 is 1.18. The Balaban J connectivity index is 2.29. The van der Waals surface area contributed by atoms with E-state index < -0.39 is 6.10 Å². The molecule has 1 atom stereocenters. The van der Waals surface area contributed by atoms with Crippen LogP contribution in [0.3, 0.4) is 0 Å². The van der Waals surface area contributed by atoms with E-state index in [1.165, 1.54) is 17.5 Å². The number of nitrogens with zero attached hydrogens (tertiary/aromatic N) is 2. The topological polar surface area (TPSA) is 86.7 Å². The molecule has 1 heterocycles. The molecule has 132 valence electrons. The highest BCUT2D eigenvalue weighted by Gasteiger charge is 2.12. The average Bonchev–Trinajstić information content (AvgIpc) is 2.96. The number of rotatable bonds is 11. The molecule has 3 N–H and O–H groups in total. The molecule has 1 unspecified atom stereocenters. The van der Waals surface area contributed by atoms with Gasteiger partial charge in [-0.3, -0.25) is 4.79 Å². The molecule has 1 aromatic heterocycles. The molecule has 0 bridgehead atoms. The average molecular weight is 344 g/mol. The fraction of sp³-hybridized carbons (Fsp3) is 0.733. The normalized spacial score (nSPS) is 12.7. The first-order chi connectivity index (χ1) is 10.9. The zero-order valence-corrected chi connectivity index (χ0v) is 15.2. The van der Waals surface area contributed by atoms with Crippen molar-refractivity contribution in [2.75, 3.05) is 40.3 Å². The molecule has 0 spiro atoms. The van der Waals surface area contributed by atoms with Gasteiger partial charge in [-0.05, 0) is 27.1 Å². The predicted octanol–water partition coefficient (Wildman–Crippen LogP) is 0.562. The number of thiazole rings is 1. The quantitative estimate of drug-likeness (QED) is 0.509. The molecule has 23 heavy (non-hydrogen) atoms. The van der Waals surface area contributed by atoms with Gasteiger partial charge in [-0.1, -0.05) is 25.2 Å². The predicted molar refractivity (Wildman–Crippen MR) is 92.3 cm³/mol. The Bertz CT molecular complexity index is 465. The fourth-order valence-corrected chi connectivity index (χ4v) is 2.40. The second-order valence-corrected chi connectivity index (χ2v) is 6.92. The number of aromatic nitrogens is 1. The fourth-order valence-electron chi connectivity index (χ4n) is 1.71. The summed E-state index contributed by atoms with van der Waals surface area (Å²) < 4.78 is 5.42. The lowest BCUT2D eigenvalue weighted by Crippen LogP contribution is -2.35. The molecule has 0 aliphatic carbocycles. The standard InChI is InChI=1S/C15H28N4O3S/c1-11(2)17-8-12(20)10-22-15-18-9-13(23-15)14(21)16-6-5-7-19(3)4/h9,11-12,17,20H,5-8,10H2,1-4H3,(H,16,21). The maximum absolute atomic E-state index is 11.9. The van der Waals surface area contributed by atoms with Crippen LogP contribution in [0.4, 0.5) is 0 Å². The van der Waals surface area contributed by atoms with Crippen molar-refractivity contribution in [3.63, 3.8) is 0 Å². The lowest BCUT2D eigenvalue weighted by atomic mass is 10.3. The van der Waals surface area contributed by atoms with Gasteiger partial charge >= 0.3 is 0 Å². The molecule has 0 aromatic carbocycles. The van der Waals surface area contributed by atoms with Crippen molar-refractivity contribution in [1.82, 2.24) is 20.5 Å². The largest absolute Gasteiger partial charge is 0.467 e. The van der Waals surface area contributed by atoms with Gasteiger partial charge in [-0.15, -0.1) is 0 Å². The number of aliphatic hydroxyl groups is 1. The zero-order valence-electron chi connectivity index (χ0n) is 14.3. The van der Waals surface area contributed by atoms with Crippen LogP contribution in [0.2, 0.25) is 0 Å². The molecule has 0 saturated heterocycles. The Morgan fingerprint density at radius 3 is 2.87 bits per heavy atom. The van der Waals surface area contributed by atoms with Crippen LogP contribution in [0.15, 0.2) is 6.20 Å². The van der Waals surface area contributed by atoms with Crippen LogP contribution in [0.25, 0.3) is 0 Å². The van der Waals surface area contributed by atoms with Gasteiger partial charge < -0.3 is 25.4 Å². The summed E-state index contributed by atoms with van der Waals surface area (Å²) in [4.78, 5) is 18.6. The molecule has 8 heteroatoms. The van der Waals surface area contributed by atoms with Crippen molar-refractivity contribution >= 4 is 17.2 Å². The van der Waals surface area contributed by atoms with E-state index in [2.05, 4.69) is 20.5 Å². The highest BCUT2D eigenvalue weighted by atomic mass is 32.1. The molecule has 1 aromatic rings. The van der Waals surface area contributed by atoms with Crippen LogP contribution in [-0.2, 0) is 0 Å². The first kappa shape index (κ1) is 19.8. The highest BCUT2D eigenvalue weighted by Crippen LogP contribution is 2.20. The van der Waals surface area contributed by atoms with Crippen LogP contribution in [-0.4, -0.2) is 73.4 Å². The van der Waals surface area contributed by atoms with E-state index in [1.807, 2.05) is 27.9 Å². The van der Waals surface area contributed by atoms with Gasteiger partial charge in [0.05, 0.1) is 6.20 Å². The number of hydrogen-bond acceptors (Lipinski definition) is 7. The number of ether oxygens (including phenoxy) is 1. The molecule has 1 rings (SSSR count).